The second kappa shape index (κ2) is 7.06. The minimum atomic E-state index is -4.48. The van der Waals surface area contributed by atoms with Crippen LogP contribution in [0.4, 0.5) is 13.2 Å². The molecule has 0 amide bonds. The molecule has 28 heavy (non-hydrogen) atoms. The summed E-state index contributed by atoms with van der Waals surface area (Å²) in [4.78, 5) is 0. The number of rotatable bonds is 3. The lowest BCUT2D eigenvalue weighted by atomic mass is 9.70. The Morgan fingerprint density at radius 1 is 1.07 bits per heavy atom. The lowest BCUT2D eigenvalue weighted by Crippen LogP contribution is -2.32. The minimum Gasteiger partial charge on any atom is -0.475 e. The van der Waals surface area contributed by atoms with Gasteiger partial charge < -0.3 is 4.74 Å². The average molecular weight is 385 g/mol. The van der Waals surface area contributed by atoms with Crippen molar-refractivity contribution in [2.24, 2.45) is 5.41 Å². The molecule has 1 heterocycles. The predicted molar refractivity (Wildman–Crippen MR) is 94.8 cm³/mol. The van der Waals surface area contributed by atoms with Gasteiger partial charge in [-0.2, -0.15) is 29.0 Å². The van der Waals surface area contributed by atoms with Crippen LogP contribution in [0.5, 0.6) is 0 Å². The molecule has 1 aliphatic rings. The molecule has 2 rings (SSSR count). The summed E-state index contributed by atoms with van der Waals surface area (Å²) in [6, 6.07) is 9.97. The SMILES string of the molecule is CCC(C)(C)C1=C(C#N)C(=C(C#N)C#N)OC1(C)c1ccc(C(F)(F)F)cc1. The molecule has 0 saturated carbocycles. The van der Waals surface area contributed by atoms with E-state index in [0.29, 0.717) is 17.6 Å². The van der Waals surface area contributed by atoms with Crippen molar-refractivity contribution in [2.75, 3.05) is 0 Å². The van der Waals surface area contributed by atoms with Crippen molar-refractivity contribution in [2.45, 2.75) is 45.9 Å². The van der Waals surface area contributed by atoms with Gasteiger partial charge in [-0.1, -0.05) is 32.9 Å². The van der Waals surface area contributed by atoms with Crippen molar-refractivity contribution in [3.05, 3.63) is 57.9 Å². The maximum absolute atomic E-state index is 12.9. The van der Waals surface area contributed by atoms with E-state index in [-0.39, 0.29) is 16.9 Å². The van der Waals surface area contributed by atoms with E-state index in [0.717, 1.165) is 12.1 Å². The molecule has 1 aromatic carbocycles. The van der Waals surface area contributed by atoms with E-state index >= 15 is 0 Å². The summed E-state index contributed by atoms with van der Waals surface area (Å²) in [5.41, 5.74) is -2.01. The second-order valence-corrected chi connectivity index (χ2v) is 7.24. The summed E-state index contributed by atoms with van der Waals surface area (Å²) >= 11 is 0. The van der Waals surface area contributed by atoms with Gasteiger partial charge in [-0.3, -0.25) is 0 Å². The molecule has 1 atom stereocenters. The quantitative estimate of drug-likeness (QED) is 0.643. The van der Waals surface area contributed by atoms with Crippen LogP contribution in [0.2, 0.25) is 0 Å². The molecule has 7 heteroatoms. The van der Waals surface area contributed by atoms with E-state index in [1.807, 2.05) is 26.8 Å². The van der Waals surface area contributed by atoms with E-state index in [4.69, 9.17) is 4.74 Å². The van der Waals surface area contributed by atoms with Crippen LogP contribution < -0.4 is 0 Å². The third-order valence-corrected chi connectivity index (χ3v) is 5.15. The number of nitriles is 3. The van der Waals surface area contributed by atoms with Gasteiger partial charge in [0.05, 0.1) is 5.56 Å². The van der Waals surface area contributed by atoms with E-state index in [1.54, 1.807) is 19.1 Å². The number of hydrogen-bond donors (Lipinski definition) is 0. The normalized spacial score (nSPS) is 19.5. The first-order chi connectivity index (χ1) is 13.0. The van der Waals surface area contributed by atoms with Crippen LogP contribution in [-0.2, 0) is 16.5 Å². The number of ether oxygens (including phenoxy) is 1. The van der Waals surface area contributed by atoms with E-state index in [2.05, 4.69) is 0 Å². The first-order valence-corrected chi connectivity index (χ1v) is 8.53. The first-order valence-electron chi connectivity index (χ1n) is 8.53. The van der Waals surface area contributed by atoms with E-state index in [1.165, 1.54) is 12.1 Å². The Morgan fingerprint density at radius 3 is 2.00 bits per heavy atom. The van der Waals surface area contributed by atoms with Crippen LogP contribution in [0.15, 0.2) is 46.7 Å². The predicted octanol–water partition coefficient (Wildman–Crippen LogP) is 5.51. The Labute approximate surface area is 161 Å². The molecular formula is C21H18F3N3O. The Morgan fingerprint density at radius 2 is 1.61 bits per heavy atom. The molecule has 0 saturated heterocycles. The number of halogens is 3. The average Bonchev–Trinajstić information content (AvgIpc) is 2.96. The molecule has 4 nitrogen and oxygen atoms in total. The van der Waals surface area contributed by atoms with Gasteiger partial charge in [0.25, 0.3) is 0 Å². The zero-order valence-electron chi connectivity index (χ0n) is 15.9. The van der Waals surface area contributed by atoms with Crippen LogP contribution in [-0.4, -0.2) is 0 Å². The standard InChI is InChI=1S/C21H18F3N3O/c1-5-19(2,3)18-16(12-27)17(13(10-25)11-26)28-20(18,4)14-6-8-15(9-7-14)21(22,23)24/h6-9H,5H2,1-4H3. The fourth-order valence-electron chi connectivity index (χ4n) is 3.41. The molecule has 0 N–H and O–H groups in total. The molecule has 0 bridgehead atoms. The van der Waals surface area contributed by atoms with E-state index < -0.39 is 22.8 Å². The number of alkyl halides is 3. The highest BCUT2D eigenvalue weighted by molar-refractivity contribution is 5.60. The van der Waals surface area contributed by atoms with Gasteiger partial charge in [-0.25, -0.2) is 0 Å². The maximum atomic E-state index is 12.9. The molecule has 0 aliphatic carbocycles. The van der Waals surface area contributed by atoms with Crippen molar-refractivity contribution in [1.82, 2.24) is 0 Å². The molecule has 1 unspecified atom stereocenters. The fourth-order valence-corrected chi connectivity index (χ4v) is 3.41. The van der Waals surface area contributed by atoms with Crippen molar-refractivity contribution >= 4 is 0 Å². The maximum Gasteiger partial charge on any atom is 0.416 e. The summed E-state index contributed by atoms with van der Waals surface area (Å²) in [6.45, 7) is 7.31. The van der Waals surface area contributed by atoms with Crippen LogP contribution >= 0.6 is 0 Å². The number of allylic oxidation sites excluding steroid dienone is 2. The first kappa shape index (κ1) is 21.1. The van der Waals surface area contributed by atoms with Crippen molar-refractivity contribution in [1.29, 1.82) is 15.8 Å². The van der Waals surface area contributed by atoms with Crippen LogP contribution in [0.3, 0.4) is 0 Å². The van der Waals surface area contributed by atoms with Gasteiger partial charge in [-0.15, -0.1) is 0 Å². The Balaban J connectivity index is 2.81. The van der Waals surface area contributed by atoms with Gasteiger partial charge in [0, 0.05) is 5.57 Å². The van der Waals surface area contributed by atoms with Gasteiger partial charge in [0.1, 0.15) is 23.8 Å². The highest BCUT2D eigenvalue weighted by atomic mass is 19.4. The summed E-state index contributed by atoms with van der Waals surface area (Å²) in [7, 11) is 0. The fraction of sp³-hybridized carbons (Fsp3) is 0.381. The summed E-state index contributed by atoms with van der Waals surface area (Å²) in [5.74, 6) is -0.133. The number of benzene rings is 1. The number of hydrogen-bond acceptors (Lipinski definition) is 4. The number of nitrogens with zero attached hydrogens (tertiary/aromatic N) is 3. The molecule has 1 aliphatic heterocycles. The van der Waals surface area contributed by atoms with E-state index in [9.17, 15) is 29.0 Å². The summed E-state index contributed by atoms with van der Waals surface area (Å²) in [6.07, 6.45) is -3.87. The molecule has 144 valence electrons. The molecule has 0 fully saturated rings. The molecular weight excluding hydrogens is 367 g/mol. The zero-order valence-corrected chi connectivity index (χ0v) is 15.9. The Kier molecular flexibility index (Phi) is 5.31. The minimum absolute atomic E-state index is 0.0762. The van der Waals surface area contributed by atoms with Crippen molar-refractivity contribution in [3.8, 4) is 18.2 Å². The van der Waals surface area contributed by atoms with Crippen molar-refractivity contribution < 1.29 is 17.9 Å². The zero-order chi connectivity index (χ0) is 21.3. The molecule has 0 spiro atoms. The Bertz CT molecular complexity index is 964. The molecule has 1 aromatic rings. The van der Waals surface area contributed by atoms with Crippen LogP contribution in [0.25, 0.3) is 0 Å². The Hall–Kier alpha value is -3.24. The van der Waals surface area contributed by atoms with Crippen molar-refractivity contribution in [3.63, 3.8) is 0 Å². The largest absolute Gasteiger partial charge is 0.475 e. The highest BCUT2D eigenvalue weighted by Gasteiger charge is 2.50. The van der Waals surface area contributed by atoms with Gasteiger partial charge in [0.15, 0.2) is 16.9 Å². The summed E-state index contributed by atoms with van der Waals surface area (Å²) < 4.78 is 44.7. The second-order valence-electron chi connectivity index (χ2n) is 7.24. The molecule has 0 radical (unpaired) electrons. The van der Waals surface area contributed by atoms with Crippen LogP contribution in [0.1, 0.15) is 45.2 Å². The smallest absolute Gasteiger partial charge is 0.416 e. The van der Waals surface area contributed by atoms with Gasteiger partial charge >= 0.3 is 6.18 Å². The summed E-state index contributed by atoms with van der Waals surface area (Å²) in [5, 5.41) is 28.2. The third-order valence-electron chi connectivity index (χ3n) is 5.15. The lowest BCUT2D eigenvalue weighted by Gasteiger charge is -2.36. The van der Waals surface area contributed by atoms with Gasteiger partial charge in [-0.05, 0) is 36.5 Å². The highest BCUT2D eigenvalue weighted by Crippen LogP contribution is 2.54. The van der Waals surface area contributed by atoms with Crippen LogP contribution in [0, 0.1) is 39.4 Å². The van der Waals surface area contributed by atoms with Gasteiger partial charge in [0.2, 0.25) is 0 Å². The monoisotopic (exact) mass is 385 g/mol. The molecule has 0 aromatic heterocycles. The third kappa shape index (κ3) is 3.35. The topological polar surface area (TPSA) is 80.6 Å². The lowest BCUT2D eigenvalue weighted by molar-refractivity contribution is -0.137.